The summed E-state index contributed by atoms with van der Waals surface area (Å²) in [5.41, 5.74) is 6.42. The van der Waals surface area contributed by atoms with Gasteiger partial charge in [0, 0.05) is 37.7 Å². The van der Waals surface area contributed by atoms with Crippen LogP contribution in [0.2, 0.25) is 0 Å². The number of nitrogen functional groups attached to an aromatic ring is 1. The fourth-order valence-corrected chi connectivity index (χ4v) is 3.95. The van der Waals surface area contributed by atoms with Gasteiger partial charge in [-0.1, -0.05) is 11.3 Å². The third-order valence-corrected chi connectivity index (χ3v) is 6.03. The molecule has 3 rings (SSSR count). The minimum absolute atomic E-state index is 0.152. The normalized spacial score (nSPS) is 10.0. The first kappa shape index (κ1) is 31.4. The van der Waals surface area contributed by atoms with Crippen LogP contribution < -0.4 is 20.7 Å². The number of esters is 2. The Morgan fingerprint density at radius 2 is 1.75 bits per heavy atom. The van der Waals surface area contributed by atoms with Crippen molar-refractivity contribution in [1.82, 2.24) is 4.98 Å². The number of nitrogens with zero attached hydrogens (tertiary/aromatic N) is 2. The number of thiazole rings is 1. The molecule has 2 aromatic carbocycles. The molecular formula is C26H28FN5O7S. The zero-order chi connectivity index (χ0) is 29.8. The Kier molecular flexibility index (Phi) is 11.7. The molecule has 0 fully saturated rings. The van der Waals surface area contributed by atoms with Gasteiger partial charge in [0.2, 0.25) is 5.91 Å². The molecule has 212 valence electrons. The van der Waals surface area contributed by atoms with E-state index < -0.39 is 23.7 Å². The molecule has 0 atom stereocenters. The highest BCUT2D eigenvalue weighted by Gasteiger charge is 2.19. The minimum atomic E-state index is -0.833. The second-order valence-electron chi connectivity index (χ2n) is 7.92. The van der Waals surface area contributed by atoms with Crippen molar-refractivity contribution >= 4 is 51.8 Å². The van der Waals surface area contributed by atoms with Gasteiger partial charge in [0.05, 0.1) is 18.9 Å². The number of hydrogen-bond donors (Lipinski definition) is 4. The van der Waals surface area contributed by atoms with E-state index in [2.05, 4.69) is 15.0 Å². The van der Waals surface area contributed by atoms with E-state index in [4.69, 9.17) is 25.8 Å². The number of amidine groups is 1. The fourth-order valence-electron chi connectivity index (χ4n) is 3.06. The van der Waals surface area contributed by atoms with Crippen LogP contribution in [0.15, 0.2) is 48.7 Å². The Balaban J connectivity index is 0.00000131. The van der Waals surface area contributed by atoms with Crippen LogP contribution in [0.4, 0.5) is 15.2 Å². The largest absolute Gasteiger partial charge is 0.481 e. The third kappa shape index (κ3) is 9.47. The van der Waals surface area contributed by atoms with Gasteiger partial charge in [0.15, 0.2) is 16.7 Å². The van der Waals surface area contributed by atoms with E-state index in [1.54, 1.807) is 24.3 Å². The second kappa shape index (κ2) is 14.9. The Bertz CT molecular complexity index is 1370. The summed E-state index contributed by atoms with van der Waals surface area (Å²) in [6.07, 6.45) is 1.48. The SMILES string of the molecule is CC(=O)O.CCN(CCC(=O)Nc1ccc(C(=O)OC)cc1)c1ncc(C(=O)Oc2ccc(C(=N)N)cc2F)s1. The zero-order valence-electron chi connectivity index (χ0n) is 21.9. The lowest BCUT2D eigenvalue weighted by atomic mass is 10.2. The van der Waals surface area contributed by atoms with Gasteiger partial charge in [0.1, 0.15) is 10.7 Å². The van der Waals surface area contributed by atoms with Crippen LogP contribution in [0.1, 0.15) is 45.9 Å². The first-order valence-corrected chi connectivity index (χ1v) is 12.5. The van der Waals surface area contributed by atoms with Crippen molar-refractivity contribution in [1.29, 1.82) is 5.41 Å². The first-order valence-electron chi connectivity index (χ1n) is 11.7. The summed E-state index contributed by atoms with van der Waals surface area (Å²) in [5.74, 6) is -3.72. The van der Waals surface area contributed by atoms with E-state index in [9.17, 15) is 18.8 Å². The van der Waals surface area contributed by atoms with Crippen molar-refractivity contribution in [3.8, 4) is 5.75 Å². The van der Waals surface area contributed by atoms with Gasteiger partial charge in [-0.25, -0.2) is 19.0 Å². The predicted molar refractivity (Wildman–Crippen MR) is 147 cm³/mol. The second-order valence-corrected chi connectivity index (χ2v) is 8.93. The van der Waals surface area contributed by atoms with Gasteiger partial charge >= 0.3 is 11.9 Å². The first-order chi connectivity index (χ1) is 18.9. The number of methoxy groups -OCH3 is 1. The van der Waals surface area contributed by atoms with Crippen molar-refractivity contribution in [3.05, 3.63) is 70.5 Å². The molecular weight excluding hydrogens is 545 g/mol. The van der Waals surface area contributed by atoms with Crippen LogP contribution in [-0.4, -0.2) is 59.9 Å². The van der Waals surface area contributed by atoms with Crippen LogP contribution >= 0.6 is 11.3 Å². The van der Waals surface area contributed by atoms with E-state index >= 15 is 0 Å². The van der Waals surface area contributed by atoms with E-state index in [1.807, 2.05) is 11.8 Å². The van der Waals surface area contributed by atoms with Crippen LogP contribution in [-0.2, 0) is 14.3 Å². The number of carboxylic acid groups (broad SMARTS) is 1. The molecule has 0 bridgehead atoms. The number of anilines is 2. The maximum absolute atomic E-state index is 14.2. The molecule has 0 saturated carbocycles. The molecule has 0 aliphatic heterocycles. The number of halogens is 1. The number of ether oxygens (including phenoxy) is 2. The molecule has 12 nitrogen and oxygen atoms in total. The molecule has 0 radical (unpaired) electrons. The third-order valence-electron chi connectivity index (χ3n) is 4.99. The lowest BCUT2D eigenvalue weighted by molar-refractivity contribution is -0.134. The van der Waals surface area contributed by atoms with Gasteiger partial charge in [-0.05, 0) is 49.4 Å². The Hall–Kier alpha value is -4.85. The number of benzene rings is 2. The van der Waals surface area contributed by atoms with Crippen molar-refractivity contribution < 1.29 is 38.1 Å². The van der Waals surface area contributed by atoms with Crippen LogP contribution in [0.3, 0.4) is 0 Å². The number of amides is 1. The number of carboxylic acids is 1. The average molecular weight is 574 g/mol. The summed E-state index contributed by atoms with van der Waals surface area (Å²) < 4.78 is 23.9. The van der Waals surface area contributed by atoms with Crippen LogP contribution in [0.5, 0.6) is 5.75 Å². The molecule has 0 saturated heterocycles. The predicted octanol–water partition coefficient (Wildman–Crippen LogP) is 3.52. The molecule has 1 heterocycles. The number of carbonyl (C=O) groups is 4. The van der Waals surface area contributed by atoms with Crippen molar-refractivity contribution in [3.63, 3.8) is 0 Å². The zero-order valence-corrected chi connectivity index (χ0v) is 22.7. The van der Waals surface area contributed by atoms with Gasteiger partial charge in [-0.15, -0.1) is 0 Å². The molecule has 0 unspecified atom stereocenters. The maximum Gasteiger partial charge on any atom is 0.355 e. The highest BCUT2D eigenvalue weighted by atomic mass is 32.1. The quantitative estimate of drug-likeness (QED) is 0.121. The van der Waals surface area contributed by atoms with Gasteiger partial charge in [-0.3, -0.25) is 15.0 Å². The smallest absolute Gasteiger partial charge is 0.355 e. The summed E-state index contributed by atoms with van der Waals surface area (Å²) >= 11 is 1.06. The minimum Gasteiger partial charge on any atom is -0.481 e. The summed E-state index contributed by atoms with van der Waals surface area (Å²) in [6, 6.07) is 9.95. The Morgan fingerprint density at radius 1 is 1.12 bits per heavy atom. The lowest BCUT2D eigenvalue weighted by Crippen LogP contribution is -2.27. The molecule has 1 aromatic heterocycles. The lowest BCUT2D eigenvalue weighted by Gasteiger charge is -2.19. The highest BCUT2D eigenvalue weighted by molar-refractivity contribution is 7.17. The number of carbonyl (C=O) groups excluding carboxylic acids is 3. The van der Waals surface area contributed by atoms with Crippen molar-refractivity contribution in [2.24, 2.45) is 5.73 Å². The van der Waals surface area contributed by atoms with Crippen LogP contribution in [0, 0.1) is 11.2 Å². The number of nitrogens with two attached hydrogens (primary N) is 1. The number of aromatic nitrogens is 1. The van der Waals surface area contributed by atoms with Gasteiger partial charge < -0.3 is 30.5 Å². The van der Waals surface area contributed by atoms with Gasteiger partial charge in [0.25, 0.3) is 5.97 Å². The van der Waals surface area contributed by atoms with E-state index in [1.165, 1.54) is 25.4 Å². The molecule has 3 aromatic rings. The molecule has 0 aliphatic rings. The van der Waals surface area contributed by atoms with E-state index in [0.29, 0.717) is 29.5 Å². The molecule has 5 N–H and O–H groups in total. The summed E-state index contributed by atoms with van der Waals surface area (Å²) in [4.78, 5) is 51.6. The average Bonchev–Trinajstić information content (AvgIpc) is 3.40. The summed E-state index contributed by atoms with van der Waals surface area (Å²) in [5, 5.41) is 18.0. The molecule has 0 aliphatic carbocycles. The monoisotopic (exact) mass is 573 g/mol. The summed E-state index contributed by atoms with van der Waals surface area (Å²) in [6.45, 7) is 3.84. The Morgan fingerprint density at radius 3 is 2.30 bits per heavy atom. The molecule has 40 heavy (non-hydrogen) atoms. The Labute approximate surface area is 233 Å². The molecule has 1 amide bonds. The van der Waals surface area contributed by atoms with E-state index in [-0.39, 0.29) is 34.4 Å². The fraction of sp³-hybridized carbons (Fsp3) is 0.231. The number of rotatable bonds is 10. The molecule has 0 spiro atoms. The molecule has 14 heteroatoms. The van der Waals surface area contributed by atoms with Crippen LogP contribution in [0.25, 0.3) is 0 Å². The standard InChI is InChI=1S/C24H24FN5O5S.C2H4O2/c1-3-30(11-10-20(31)29-16-7-4-14(5-8-16)22(32)34-2)24-28-13-19(36-24)23(33)35-18-9-6-15(21(26)27)12-17(18)25;1-2(3)4/h4-9,12-13H,3,10-11H2,1-2H3,(H3,26,27)(H,29,31);1H3,(H,3,4). The maximum atomic E-state index is 14.2. The van der Waals surface area contributed by atoms with E-state index in [0.717, 1.165) is 24.3 Å². The topological polar surface area (TPSA) is 185 Å². The summed E-state index contributed by atoms with van der Waals surface area (Å²) in [7, 11) is 1.29. The number of hydrogen-bond acceptors (Lipinski definition) is 10. The van der Waals surface area contributed by atoms with Crippen molar-refractivity contribution in [2.45, 2.75) is 20.3 Å². The number of nitrogens with one attached hydrogen (secondary N) is 2. The number of aliphatic carboxylic acids is 1. The van der Waals surface area contributed by atoms with Gasteiger partial charge in [-0.2, -0.15) is 0 Å². The van der Waals surface area contributed by atoms with Crippen molar-refractivity contribution in [2.75, 3.05) is 30.4 Å². The highest BCUT2D eigenvalue weighted by Crippen LogP contribution is 2.25.